The zero-order valence-corrected chi connectivity index (χ0v) is 19.4. The fourth-order valence-electron chi connectivity index (χ4n) is 2.82. The first kappa shape index (κ1) is 24.3. The molecule has 0 amide bonds. The molecule has 0 bridgehead atoms. The van der Waals surface area contributed by atoms with Crippen LogP contribution in [0.1, 0.15) is 32.8 Å². The van der Waals surface area contributed by atoms with Crippen LogP contribution in [-0.4, -0.2) is 36.6 Å². The molecule has 0 aliphatic rings. The van der Waals surface area contributed by atoms with Crippen LogP contribution in [0.15, 0.2) is 58.3 Å². The predicted octanol–water partition coefficient (Wildman–Crippen LogP) is 3.39. The van der Waals surface area contributed by atoms with Gasteiger partial charge in [0, 0.05) is 18.8 Å². The third-order valence-corrected chi connectivity index (χ3v) is 7.44. The van der Waals surface area contributed by atoms with E-state index in [1.165, 1.54) is 31.4 Å². The van der Waals surface area contributed by atoms with Crippen LogP contribution in [0.3, 0.4) is 0 Å². The van der Waals surface area contributed by atoms with Gasteiger partial charge in [0.15, 0.2) is 0 Å². The fraction of sp³-hybridized carbons (Fsp3) is 0.429. The summed E-state index contributed by atoms with van der Waals surface area (Å²) < 4.78 is 59.9. The summed E-state index contributed by atoms with van der Waals surface area (Å²) in [4.78, 5) is 0.199. The van der Waals surface area contributed by atoms with Crippen molar-refractivity contribution < 1.29 is 21.6 Å². The molecule has 0 saturated carbocycles. The highest BCUT2D eigenvalue weighted by molar-refractivity contribution is 7.92. The highest BCUT2D eigenvalue weighted by Crippen LogP contribution is 2.20. The van der Waals surface area contributed by atoms with Crippen molar-refractivity contribution in [1.82, 2.24) is 4.72 Å². The van der Waals surface area contributed by atoms with Crippen molar-refractivity contribution in [3.8, 4) is 0 Å². The van der Waals surface area contributed by atoms with Crippen molar-refractivity contribution in [1.29, 1.82) is 0 Å². The van der Waals surface area contributed by atoms with Gasteiger partial charge in [-0.1, -0.05) is 26.0 Å². The number of rotatable bonds is 11. The van der Waals surface area contributed by atoms with E-state index in [-0.39, 0.29) is 28.1 Å². The van der Waals surface area contributed by atoms with Crippen molar-refractivity contribution in [3.63, 3.8) is 0 Å². The molecule has 9 heteroatoms. The Bertz CT molecular complexity index is 1020. The number of ether oxygens (including phenoxy) is 1. The molecule has 0 fully saturated rings. The van der Waals surface area contributed by atoms with Gasteiger partial charge >= 0.3 is 0 Å². The molecule has 0 radical (unpaired) electrons. The van der Waals surface area contributed by atoms with Crippen LogP contribution in [-0.2, 0) is 31.2 Å². The van der Waals surface area contributed by atoms with Gasteiger partial charge in [-0.2, -0.15) is 0 Å². The van der Waals surface area contributed by atoms with Gasteiger partial charge in [0.1, 0.15) is 0 Å². The van der Waals surface area contributed by atoms with Crippen LogP contribution in [0.2, 0.25) is 0 Å². The number of hydrogen-bond acceptors (Lipinski definition) is 5. The van der Waals surface area contributed by atoms with Gasteiger partial charge in [0.25, 0.3) is 10.0 Å². The van der Waals surface area contributed by atoms with Crippen LogP contribution in [0.5, 0.6) is 0 Å². The maximum Gasteiger partial charge on any atom is 0.261 e. The highest BCUT2D eigenvalue weighted by Gasteiger charge is 2.18. The molecule has 0 heterocycles. The number of methoxy groups -OCH3 is 1. The lowest BCUT2D eigenvalue weighted by molar-refractivity contribution is 0.180. The zero-order valence-electron chi connectivity index (χ0n) is 17.8. The second-order valence-corrected chi connectivity index (χ2v) is 11.1. The van der Waals surface area contributed by atoms with Crippen LogP contribution in [0.25, 0.3) is 0 Å². The Morgan fingerprint density at radius 1 is 0.833 bits per heavy atom. The zero-order chi connectivity index (χ0) is 22.4. The summed E-state index contributed by atoms with van der Waals surface area (Å²) >= 11 is 0. The number of sulfonamides is 2. The van der Waals surface area contributed by atoms with Crippen molar-refractivity contribution >= 4 is 25.7 Å². The monoisotopic (exact) mass is 454 g/mol. The molecular weight excluding hydrogens is 424 g/mol. The van der Waals surface area contributed by atoms with E-state index in [0.29, 0.717) is 5.92 Å². The average molecular weight is 455 g/mol. The fourth-order valence-corrected chi connectivity index (χ4v) is 5.11. The molecule has 0 saturated heterocycles. The topological polar surface area (TPSA) is 102 Å². The summed E-state index contributed by atoms with van der Waals surface area (Å²) in [5.41, 5.74) is 1.37. The quantitative estimate of drug-likeness (QED) is 0.542. The molecule has 0 aromatic heterocycles. The number of anilines is 1. The van der Waals surface area contributed by atoms with E-state index in [2.05, 4.69) is 23.3 Å². The van der Waals surface area contributed by atoms with E-state index in [0.717, 1.165) is 18.4 Å². The SMILES string of the molecule is COCC(C)NS(=O)(=O)c1ccc(NS(=O)(=O)c2ccc(CCC(C)C)cc2)cc1. The van der Waals surface area contributed by atoms with Crippen molar-refractivity contribution in [2.24, 2.45) is 5.92 Å². The van der Waals surface area contributed by atoms with Crippen LogP contribution in [0.4, 0.5) is 5.69 Å². The molecule has 1 unspecified atom stereocenters. The second kappa shape index (κ2) is 10.4. The summed E-state index contributed by atoms with van der Waals surface area (Å²) in [7, 11) is -5.99. The summed E-state index contributed by atoms with van der Waals surface area (Å²) in [5.74, 6) is 0.584. The molecule has 2 N–H and O–H groups in total. The average Bonchev–Trinajstić information content (AvgIpc) is 2.66. The summed E-state index contributed by atoms with van der Waals surface area (Å²) in [6.45, 7) is 6.23. The molecule has 7 nitrogen and oxygen atoms in total. The van der Waals surface area contributed by atoms with Crippen molar-refractivity contribution in [2.45, 2.75) is 49.4 Å². The maximum absolute atomic E-state index is 12.6. The lowest BCUT2D eigenvalue weighted by Crippen LogP contribution is -2.35. The summed E-state index contributed by atoms with van der Waals surface area (Å²) in [5, 5.41) is 0. The van der Waals surface area contributed by atoms with Crippen molar-refractivity contribution in [3.05, 3.63) is 54.1 Å². The first-order chi connectivity index (χ1) is 14.0. The molecular formula is C21H30N2O5S2. The smallest absolute Gasteiger partial charge is 0.261 e. The van der Waals surface area contributed by atoms with Gasteiger partial charge in [-0.05, 0) is 67.6 Å². The number of nitrogens with one attached hydrogen (secondary N) is 2. The van der Waals surface area contributed by atoms with E-state index < -0.39 is 20.0 Å². The minimum Gasteiger partial charge on any atom is -0.383 e. The van der Waals surface area contributed by atoms with E-state index in [9.17, 15) is 16.8 Å². The second-order valence-electron chi connectivity index (χ2n) is 7.68. The van der Waals surface area contributed by atoms with Gasteiger partial charge in [0.05, 0.1) is 16.4 Å². The molecule has 2 aromatic rings. The molecule has 2 rings (SSSR count). The Labute approximate surface area is 180 Å². The molecule has 0 aliphatic heterocycles. The largest absolute Gasteiger partial charge is 0.383 e. The Morgan fingerprint density at radius 3 is 1.90 bits per heavy atom. The Hall–Kier alpha value is -1.94. The van der Waals surface area contributed by atoms with Crippen LogP contribution in [0, 0.1) is 5.92 Å². The highest BCUT2D eigenvalue weighted by atomic mass is 32.2. The predicted molar refractivity (Wildman–Crippen MR) is 119 cm³/mol. The Balaban J connectivity index is 2.08. The third kappa shape index (κ3) is 7.09. The van der Waals surface area contributed by atoms with Gasteiger partial charge in [-0.25, -0.2) is 21.6 Å². The first-order valence-corrected chi connectivity index (χ1v) is 12.7. The van der Waals surface area contributed by atoms with Crippen LogP contribution >= 0.6 is 0 Å². The van der Waals surface area contributed by atoms with Gasteiger partial charge in [-0.3, -0.25) is 4.72 Å². The maximum atomic E-state index is 12.6. The minimum atomic E-state index is -3.77. The van der Waals surface area contributed by atoms with Crippen molar-refractivity contribution in [2.75, 3.05) is 18.4 Å². The molecule has 30 heavy (non-hydrogen) atoms. The van der Waals surface area contributed by atoms with Gasteiger partial charge in [-0.15, -0.1) is 0 Å². The number of hydrogen-bond donors (Lipinski definition) is 2. The molecule has 0 spiro atoms. The van der Waals surface area contributed by atoms with E-state index in [1.807, 2.05) is 12.1 Å². The summed E-state index contributed by atoms with van der Waals surface area (Å²) in [6.07, 6.45) is 1.94. The number of aryl methyl sites for hydroxylation is 1. The molecule has 166 valence electrons. The molecule has 2 aromatic carbocycles. The number of benzene rings is 2. The summed E-state index contributed by atoms with van der Waals surface area (Å²) in [6, 6.07) is 12.0. The van der Waals surface area contributed by atoms with E-state index in [1.54, 1.807) is 19.1 Å². The van der Waals surface area contributed by atoms with E-state index >= 15 is 0 Å². The van der Waals surface area contributed by atoms with Crippen LogP contribution < -0.4 is 9.44 Å². The van der Waals surface area contributed by atoms with Gasteiger partial charge in [0.2, 0.25) is 10.0 Å². The normalized spacial score (nSPS) is 13.4. The molecule has 1 atom stereocenters. The Morgan fingerprint density at radius 2 is 1.37 bits per heavy atom. The standard InChI is InChI=1S/C21H30N2O5S2/c1-16(2)5-6-18-7-11-20(12-8-18)30(26,27)23-19-9-13-21(14-10-19)29(24,25)22-17(3)15-28-4/h7-14,16-17,22-23H,5-6,15H2,1-4H3. The lowest BCUT2D eigenvalue weighted by Gasteiger charge is -2.14. The van der Waals surface area contributed by atoms with Gasteiger partial charge < -0.3 is 4.74 Å². The minimum absolute atomic E-state index is 0.0444. The molecule has 0 aliphatic carbocycles. The lowest BCUT2D eigenvalue weighted by atomic mass is 10.0. The Kier molecular flexibility index (Phi) is 8.42. The first-order valence-electron chi connectivity index (χ1n) is 9.76. The van der Waals surface area contributed by atoms with E-state index in [4.69, 9.17) is 4.74 Å². The third-order valence-electron chi connectivity index (χ3n) is 4.43.